The zero-order chi connectivity index (χ0) is 23.2. The highest BCUT2D eigenvalue weighted by molar-refractivity contribution is 7.99. The fraction of sp³-hybridized carbons (Fsp3) is 0.375. The van der Waals surface area contributed by atoms with E-state index in [1.54, 1.807) is 24.3 Å². The Bertz CT molecular complexity index is 1190. The number of fused-ring (bicyclic) bond motifs is 1. The van der Waals surface area contributed by atoms with Gasteiger partial charge in [0.1, 0.15) is 0 Å². The van der Waals surface area contributed by atoms with E-state index in [-0.39, 0.29) is 11.5 Å². The van der Waals surface area contributed by atoms with Gasteiger partial charge in [0.2, 0.25) is 5.91 Å². The van der Waals surface area contributed by atoms with Gasteiger partial charge in [0.15, 0.2) is 5.16 Å². The molecule has 1 N–H and O–H groups in total. The van der Waals surface area contributed by atoms with Crippen molar-refractivity contribution in [1.29, 1.82) is 0 Å². The standard InChI is InChI=1S/C24H26Cl2N4O2S/c25-17-9-10-21(19(26)16-17)30-23(32)18-6-1-2-7-20(18)28-24(30)33-15-5-8-22(31)27-11-14-29-12-3-4-13-29/h1-2,6-7,9-10,16H,3-5,8,11-15H2,(H,27,31). The van der Waals surface area contributed by atoms with E-state index in [1.165, 1.54) is 29.2 Å². The molecule has 0 saturated carbocycles. The number of benzene rings is 2. The summed E-state index contributed by atoms with van der Waals surface area (Å²) in [4.78, 5) is 32.6. The van der Waals surface area contributed by atoms with Crippen LogP contribution >= 0.6 is 35.0 Å². The van der Waals surface area contributed by atoms with Crippen LogP contribution in [0, 0.1) is 0 Å². The van der Waals surface area contributed by atoms with Gasteiger partial charge >= 0.3 is 0 Å². The topological polar surface area (TPSA) is 67.2 Å². The zero-order valence-electron chi connectivity index (χ0n) is 18.2. The average Bonchev–Trinajstić information content (AvgIpc) is 3.31. The van der Waals surface area contributed by atoms with E-state index < -0.39 is 0 Å². The highest BCUT2D eigenvalue weighted by atomic mass is 35.5. The second-order valence-corrected chi connectivity index (χ2v) is 9.90. The molecule has 1 amide bonds. The molecule has 1 saturated heterocycles. The van der Waals surface area contributed by atoms with Gasteiger partial charge in [-0.1, -0.05) is 47.1 Å². The maximum Gasteiger partial charge on any atom is 0.266 e. The predicted molar refractivity (Wildman–Crippen MR) is 136 cm³/mol. The number of amides is 1. The van der Waals surface area contributed by atoms with Gasteiger partial charge in [-0.15, -0.1) is 0 Å². The molecule has 33 heavy (non-hydrogen) atoms. The summed E-state index contributed by atoms with van der Waals surface area (Å²) >= 11 is 13.9. The summed E-state index contributed by atoms with van der Waals surface area (Å²) in [6.45, 7) is 3.86. The quantitative estimate of drug-likeness (QED) is 0.258. The van der Waals surface area contributed by atoms with E-state index in [2.05, 4.69) is 10.2 Å². The lowest BCUT2D eigenvalue weighted by molar-refractivity contribution is -0.121. The van der Waals surface area contributed by atoms with Crippen LogP contribution in [0.4, 0.5) is 0 Å². The van der Waals surface area contributed by atoms with Crippen molar-refractivity contribution in [3.8, 4) is 5.69 Å². The number of carbonyl (C=O) groups excluding carboxylic acids is 1. The van der Waals surface area contributed by atoms with Gasteiger partial charge in [-0.25, -0.2) is 4.98 Å². The molecule has 0 unspecified atom stereocenters. The van der Waals surface area contributed by atoms with Gasteiger partial charge in [-0.2, -0.15) is 0 Å². The number of likely N-dealkylation sites (tertiary alicyclic amines) is 1. The fourth-order valence-electron chi connectivity index (χ4n) is 3.93. The summed E-state index contributed by atoms with van der Waals surface area (Å²) < 4.78 is 1.53. The number of nitrogens with one attached hydrogen (secondary N) is 1. The minimum absolute atomic E-state index is 0.0550. The minimum atomic E-state index is -0.188. The van der Waals surface area contributed by atoms with Crippen molar-refractivity contribution in [1.82, 2.24) is 19.8 Å². The molecular weight excluding hydrogens is 479 g/mol. The summed E-state index contributed by atoms with van der Waals surface area (Å²) in [5.74, 6) is 0.703. The van der Waals surface area contributed by atoms with Crippen LogP contribution in [0.15, 0.2) is 52.4 Å². The summed E-state index contributed by atoms with van der Waals surface area (Å²) in [5.41, 5.74) is 0.976. The maximum absolute atomic E-state index is 13.3. The number of para-hydroxylation sites is 1. The van der Waals surface area contributed by atoms with Gasteiger partial charge in [0.25, 0.3) is 5.56 Å². The molecule has 4 rings (SSSR count). The Morgan fingerprint density at radius 1 is 1.12 bits per heavy atom. The van der Waals surface area contributed by atoms with Gasteiger partial charge < -0.3 is 10.2 Å². The first-order valence-corrected chi connectivity index (χ1v) is 12.9. The molecule has 2 heterocycles. The lowest BCUT2D eigenvalue weighted by atomic mass is 10.2. The molecule has 1 aliphatic heterocycles. The van der Waals surface area contributed by atoms with E-state index in [4.69, 9.17) is 28.2 Å². The van der Waals surface area contributed by atoms with Gasteiger partial charge in [0.05, 0.1) is 21.6 Å². The molecule has 0 bridgehead atoms. The van der Waals surface area contributed by atoms with E-state index in [1.807, 2.05) is 18.2 Å². The third-order valence-corrected chi connectivity index (χ3v) is 7.19. The third kappa shape index (κ3) is 6.09. The Hall–Kier alpha value is -2.06. The van der Waals surface area contributed by atoms with Crippen molar-refractivity contribution in [2.45, 2.75) is 30.8 Å². The summed E-state index contributed by atoms with van der Waals surface area (Å²) in [5, 5.41) is 4.93. The number of nitrogens with zero attached hydrogens (tertiary/aromatic N) is 3. The van der Waals surface area contributed by atoms with E-state index in [0.717, 1.165) is 19.6 Å². The molecule has 1 aromatic heterocycles. The molecule has 0 spiro atoms. The number of hydrogen-bond acceptors (Lipinski definition) is 5. The van der Waals surface area contributed by atoms with Crippen LogP contribution in [0.5, 0.6) is 0 Å². The molecule has 0 aliphatic carbocycles. The Morgan fingerprint density at radius 2 is 1.91 bits per heavy atom. The molecule has 1 aliphatic rings. The van der Waals surface area contributed by atoms with Crippen molar-refractivity contribution in [2.75, 3.05) is 31.9 Å². The van der Waals surface area contributed by atoms with Crippen LogP contribution in [0.2, 0.25) is 10.0 Å². The smallest absolute Gasteiger partial charge is 0.266 e. The molecule has 1 fully saturated rings. The van der Waals surface area contributed by atoms with Crippen LogP contribution in [-0.4, -0.2) is 52.3 Å². The molecular formula is C24H26Cl2N4O2S. The Morgan fingerprint density at radius 3 is 2.70 bits per heavy atom. The average molecular weight is 505 g/mol. The van der Waals surface area contributed by atoms with Gasteiger partial charge in [-0.3, -0.25) is 14.2 Å². The van der Waals surface area contributed by atoms with E-state index in [9.17, 15) is 9.59 Å². The second kappa shape index (κ2) is 11.4. The lowest BCUT2D eigenvalue weighted by Gasteiger charge is -2.15. The van der Waals surface area contributed by atoms with E-state index >= 15 is 0 Å². The molecule has 6 nitrogen and oxygen atoms in total. The van der Waals surface area contributed by atoms with Crippen molar-refractivity contribution in [3.63, 3.8) is 0 Å². The van der Waals surface area contributed by atoms with Crippen molar-refractivity contribution >= 4 is 51.8 Å². The normalized spacial score (nSPS) is 14.1. The fourth-order valence-corrected chi connectivity index (χ4v) is 5.37. The predicted octanol–water partition coefficient (Wildman–Crippen LogP) is 4.78. The first kappa shape index (κ1) is 24.1. The third-order valence-electron chi connectivity index (χ3n) is 5.62. The first-order chi connectivity index (χ1) is 16.0. The van der Waals surface area contributed by atoms with Crippen LogP contribution in [-0.2, 0) is 4.79 Å². The van der Waals surface area contributed by atoms with Crippen LogP contribution < -0.4 is 10.9 Å². The SMILES string of the molecule is O=C(CCCSc1nc2ccccc2c(=O)n1-c1ccc(Cl)cc1Cl)NCCN1CCCC1. The van der Waals surface area contributed by atoms with Gasteiger partial charge in [0, 0.05) is 30.3 Å². The second-order valence-electron chi connectivity index (χ2n) is 8.00. The number of carbonyl (C=O) groups is 1. The van der Waals surface area contributed by atoms with Crippen LogP contribution in [0.1, 0.15) is 25.7 Å². The summed E-state index contributed by atoms with van der Waals surface area (Å²) in [6, 6.07) is 12.3. The number of rotatable bonds is 9. The van der Waals surface area contributed by atoms with E-state index in [0.29, 0.717) is 56.9 Å². The molecule has 2 aromatic carbocycles. The molecule has 9 heteroatoms. The number of thioether (sulfide) groups is 1. The monoisotopic (exact) mass is 504 g/mol. The molecule has 0 radical (unpaired) electrons. The molecule has 0 atom stereocenters. The number of halogens is 2. The van der Waals surface area contributed by atoms with Gasteiger partial charge in [-0.05, 0) is 62.7 Å². The first-order valence-electron chi connectivity index (χ1n) is 11.1. The highest BCUT2D eigenvalue weighted by Crippen LogP contribution is 2.28. The molecule has 3 aromatic rings. The van der Waals surface area contributed by atoms with Crippen LogP contribution in [0.25, 0.3) is 16.6 Å². The highest BCUT2D eigenvalue weighted by Gasteiger charge is 2.16. The van der Waals surface area contributed by atoms with Crippen molar-refractivity contribution in [2.24, 2.45) is 0 Å². The zero-order valence-corrected chi connectivity index (χ0v) is 20.6. The number of hydrogen-bond donors (Lipinski definition) is 1. The Kier molecular flexibility index (Phi) is 8.30. The minimum Gasteiger partial charge on any atom is -0.355 e. The summed E-state index contributed by atoms with van der Waals surface area (Å²) in [7, 11) is 0. The summed E-state index contributed by atoms with van der Waals surface area (Å²) in [6.07, 6.45) is 3.62. The molecule has 174 valence electrons. The lowest BCUT2D eigenvalue weighted by Crippen LogP contribution is -2.33. The van der Waals surface area contributed by atoms with Crippen molar-refractivity contribution < 1.29 is 4.79 Å². The Balaban J connectivity index is 1.43. The Labute approximate surface area is 207 Å². The van der Waals surface area contributed by atoms with Crippen molar-refractivity contribution in [3.05, 3.63) is 62.9 Å². The van der Waals surface area contributed by atoms with Crippen LogP contribution in [0.3, 0.4) is 0 Å². The largest absolute Gasteiger partial charge is 0.355 e. The maximum atomic E-state index is 13.3. The number of aromatic nitrogens is 2.